The SMILES string of the molecule is CCC1CCC(C2CC=C(c3cnc(-c4ccc(CN(CC(=O)O)C(=O)CNC(=O)CNc5ccccc5)cc4)nc3)CC2)CC1. The molecule has 5 rings (SSSR count). The van der Waals surface area contributed by atoms with E-state index in [0.29, 0.717) is 5.82 Å². The molecule has 0 radical (unpaired) electrons. The summed E-state index contributed by atoms with van der Waals surface area (Å²) in [6.45, 7) is 1.65. The molecule has 0 spiro atoms. The lowest BCUT2D eigenvalue weighted by atomic mass is 9.71. The van der Waals surface area contributed by atoms with Gasteiger partial charge >= 0.3 is 5.97 Å². The fourth-order valence-corrected chi connectivity index (χ4v) is 6.72. The first-order valence-electron chi connectivity index (χ1n) is 16.5. The Bertz CT molecular complexity index is 1480. The van der Waals surface area contributed by atoms with Crippen LogP contribution in [0.5, 0.6) is 0 Å². The molecule has 1 heterocycles. The van der Waals surface area contributed by atoms with Crippen molar-refractivity contribution in [2.75, 3.05) is 25.0 Å². The fourth-order valence-electron chi connectivity index (χ4n) is 6.72. The van der Waals surface area contributed by atoms with Gasteiger partial charge in [-0.15, -0.1) is 0 Å². The first kappa shape index (κ1) is 32.9. The molecule has 2 aliphatic rings. The van der Waals surface area contributed by atoms with Crippen LogP contribution in [0.1, 0.15) is 69.4 Å². The van der Waals surface area contributed by atoms with Gasteiger partial charge in [0, 0.05) is 35.8 Å². The minimum Gasteiger partial charge on any atom is -0.480 e. The van der Waals surface area contributed by atoms with Gasteiger partial charge in [0.15, 0.2) is 5.82 Å². The minimum absolute atomic E-state index is 0.00126. The van der Waals surface area contributed by atoms with Gasteiger partial charge in [0.2, 0.25) is 11.8 Å². The number of amides is 2. The van der Waals surface area contributed by atoms with Crippen LogP contribution >= 0.6 is 0 Å². The zero-order chi connectivity index (χ0) is 32.3. The predicted octanol–water partition coefficient (Wildman–Crippen LogP) is 6.19. The summed E-state index contributed by atoms with van der Waals surface area (Å²) in [7, 11) is 0. The Hall–Kier alpha value is -4.53. The third kappa shape index (κ3) is 9.25. The highest BCUT2D eigenvalue weighted by atomic mass is 16.4. The van der Waals surface area contributed by atoms with Gasteiger partial charge in [-0.05, 0) is 73.1 Å². The van der Waals surface area contributed by atoms with Crippen molar-refractivity contribution in [3.05, 3.63) is 84.2 Å². The van der Waals surface area contributed by atoms with E-state index in [4.69, 9.17) is 0 Å². The van der Waals surface area contributed by atoms with Crippen molar-refractivity contribution in [2.24, 2.45) is 17.8 Å². The van der Waals surface area contributed by atoms with E-state index in [1.54, 1.807) is 0 Å². The number of para-hydroxylation sites is 1. The molecule has 2 amide bonds. The van der Waals surface area contributed by atoms with Crippen LogP contribution in [0.2, 0.25) is 0 Å². The number of nitrogens with zero attached hydrogens (tertiary/aromatic N) is 3. The van der Waals surface area contributed by atoms with Gasteiger partial charge in [-0.3, -0.25) is 14.4 Å². The summed E-state index contributed by atoms with van der Waals surface area (Å²) in [6, 6.07) is 16.7. The van der Waals surface area contributed by atoms with E-state index >= 15 is 0 Å². The summed E-state index contributed by atoms with van der Waals surface area (Å²) >= 11 is 0. The van der Waals surface area contributed by atoms with Crippen LogP contribution in [0.3, 0.4) is 0 Å². The Labute approximate surface area is 271 Å². The number of aliphatic carboxylic acids is 1. The van der Waals surface area contributed by atoms with Gasteiger partial charge in [-0.1, -0.05) is 74.7 Å². The van der Waals surface area contributed by atoms with Crippen LogP contribution in [0, 0.1) is 17.8 Å². The number of carboxylic acid groups (broad SMARTS) is 1. The quantitative estimate of drug-likeness (QED) is 0.208. The van der Waals surface area contributed by atoms with Gasteiger partial charge in [0.1, 0.15) is 6.54 Å². The maximum absolute atomic E-state index is 12.8. The van der Waals surface area contributed by atoms with Crippen molar-refractivity contribution >= 4 is 29.0 Å². The third-order valence-electron chi connectivity index (χ3n) is 9.54. The van der Waals surface area contributed by atoms with Gasteiger partial charge in [-0.2, -0.15) is 0 Å². The van der Waals surface area contributed by atoms with Gasteiger partial charge in [0.05, 0.1) is 13.1 Å². The number of aromatic nitrogens is 2. The van der Waals surface area contributed by atoms with Gasteiger partial charge in [-0.25, -0.2) is 9.97 Å². The van der Waals surface area contributed by atoms with E-state index < -0.39 is 18.4 Å². The lowest BCUT2D eigenvalue weighted by Gasteiger charge is -2.35. The first-order chi connectivity index (χ1) is 22.4. The van der Waals surface area contributed by atoms with E-state index in [2.05, 4.69) is 33.6 Å². The number of benzene rings is 2. The number of nitrogens with one attached hydrogen (secondary N) is 2. The summed E-state index contributed by atoms with van der Waals surface area (Å²) in [4.78, 5) is 47.0. The monoisotopic (exact) mass is 623 g/mol. The van der Waals surface area contributed by atoms with Crippen molar-refractivity contribution in [3.63, 3.8) is 0 Å². The smallest absolute Gasteiger partial charge is 0.323 e. The van der Waals surface area contributed by atoms with Crippen LogP contribution < -0.4 is 10.6 Å². The van der Waals surface area contributed by atoms with E-state index in [-0.39, 0.29) is 25.5 Å². The Morgan fingerprint density at radius 3 is 2.22 bits per heavy atom. The molecule has 1 aromatic heterocycles. The molecule has 9 nitrogen and oxygen atoms in total. The minimum atomic E-state index is -1.13. The number of allylic oxidation sites excluding steroid dienone is 2. The third-order valence-corrected chi connectivity index (χ3v) is 9.54. The molecule has 0 saturated heterocycles. The average Bonchev–Trinajstić information content (AvgIpc) is 3.10. The van der Waals surface area contributed by atoms with Gasteiger partial charge in [0.25, 0.3) is 0 Å². The van der Waals surface area contributed by atoms with Crippen molar-refractivity contribution in [3.8, 4) is 11.4 Å². The number of hydrogen-bond acceptors (Lipinski definition) is 6. The predicted molar refractivity (Wildman–Crippen MR) is 180 cm³/mol. The lowest BCUT2D eigenvalue weighted by molar-refractivity contribution is -0.144. The van der Waals surface area contributed by atoms with Crippen molar-refractivity contribution in [1.82, 2.24) is 20.2 Å². The van der Waals surface area contributed by atoms with Crippen LogP contribution in [-0.2, 0) is 20.9 Å². The Balaban J connectivity index is 1.12. The van der Waals surface area contributed by atoms with Crippen molar-refractivity contribution < 1.29 is 19.5 Å². The molecule has 1 fully saturated rings. The number of carbonyl (C=O) groups is 3. The highest BCUT2D eigenvalue weighted by Crippen LogP contribution is 2.41. The molecule has 3 aromatic rings. The lowest BCUT2D eigenvalue weighted by Crippen LogP contribution is -2.43. The Morgan fingerprint density at radius 2 is 1.59 bits per heavy atom. The van der Waals surface area contributed by atoms with E-state index in [9.17, 15) is 19.5 Å². The average molecular weight is 624 g/mol. The van der Waals surface area contributed by atoms with Crippen LogP contribution in [0.25, 0.3) is 17.0 Å². The van der Waals surface area contributed by atoms with Crippen LogP contribution in [-0.4, -0.2) is 57.4 Å². The normalized spacial score (nSPS) is 19.5. The largest absolute Gasteiger partial charge is 0.480 e. The number of anilines is 1. The summed E-state index contributed by atoms with van der Waals surface area (Å²) in [6.07, 6.45) is 16.6. The standard InChI is InChI=1S/C37H45N5O4/c1-2-26-8-12-28(13-9-26)29-16-18-30(19-17-29)32-20-40-37(41-21-32)31-14-10-27(11-15-31)24-42(25-36(45)46)35(44)23-39-34(43)22-38-33-6-4-3-5-7-33/h3-7,10-11,14-15,18,20-21,26,28-29,38H,2,8-9,12-13,16-17,19,22-25H2,1H3,(H,39,43)(H,45,46). The highest BCUT2D eigenvalue weighted by Gasteiger charge is 2.28. The molecule has 9 heteroatoms. The first-order valence-corrected chi connectivity index (χ1v) is 16.5. The molecule has 242 valence electrons. The number of carbonyl (C=O) groups excluding carboxylic acids is 2. The van der Waals surface area contributed by atoms with Crippen LogP contribution in [0.15, 0.2) is 73.1 Å². The molecular weight excluding hydrogens is 578 g/mol. The van der Waals surface area contributed by atoms with Crippen molar-refractivity contribution in [1.29, 1.82) is 0 Å². The molecule has 0 bridgehead atoms. The Morgan fingerprint density at radius 1 is 0.870 bits per heavy atom. The highest BCUT2D eigenvalue weighted by molar-refractivity contribution is 5.88. The molecule has 0 aliphatic heterocycles. The second-order valence-electron chi connectivity index (χ2n) is 12.6. The second-order valence-corrected chi connectivity index (χ2v) is 12.6. The topological polar surface area (TPSA) is 125 Å². The molecule has 2 aliphatic carbocycles. The maximum Gasteiger partial charge on any atom is 0.323 e. The molecule has 46 heavy (non-hydrogen) atoms. The number of carboxylic acids is 1. The van der Waals surface area contributed by atoms with E-state index in [1.807, 2.05) is 67.0 Å². The molecule has 3 N–H and O–H groups in total. The second kappa shape index (κ2) is 16.2. The fraction of sp³-hybridized carbons (Fsp3) is 0.432. The number of rotatable bonds is 13. The molecular formula is C37H45N5O4. The van der Waals surface area contributed by atoms with Gasteiger partial charge < -0.3 is 20.6 Å². The van der Waals surface area contributed by atoms with Crippen LogP contribution in [0.4, 0.5) is 5.69 Å². The summed E-state index contributed by atoms with van der Waals surface area (Å²) in [5, 5.41) is 14.9. The summed E-state index contributed by atoms with van der Waals surface area (Å²) in [5.41, 5.74) is 4.81. The molecule has 1 atom stereocenters. The zero-order valence-electron chi connectivity index (χ0n) is 26.7. The van der Waals surface area contributed by atoms with E-state index in [1.165, 1.54) is 49.0 Å². The van der Waals surface area contributed by atoms with Crippen molar-refractivity contribution in [2.45, 2.75) is 64.8 Å². The molecule has 1 unspecified atom stereocenters. The summed E-state index contributed by atoms with van der Waals surface area (Å²) in [5.74, 6) is 1.27. The number of hydrogen-bond donors (Lipinski definition) is 3. The molecule has 1 saturated carbocycles. The zero-order valence-corrected chi connectivity index (χ0v) is 26.7. The summed E-state index contributed by atoms with van der Waals surface area (Å²) < 4.78 is 0. The maximum atomic E-state index is 12.8. The molecule has 2 aromatic carbocycles. The Kier molecular flexibility index (Phi) is 11.5. The van der Waals surface area contributed by atoms with E-state index in [0.717, 1.165) is 53.0 Å².